The number of aromatic nitrogens is 1. The van der Waals surface area contributed by atoms with Gasteiger partial charge < -0.3 is 19.3 Å². The van der Waals surface area contributed by atoms with Crippen molar-refractivity contribution in [3.05, 3.63) is 105 Å². The first-order valence-corrected chi connectivity index (χ1v) is 16.2. The molecule has 10 heteroatoms. The molecule has 5 rings (SSSR count). The maximum Gasteiger partial charge on any atom is 0.301 e. The predicted molar refractivity (Wildman–Crippen MR) is 182 cm³/mol. The Bertz CT molecular complexity index is 1840. The number of aryl methyl sites for hydroxylation is 2. The second-order valence-corrected chi connectivity index (χ2v) is 12.8. The van der Waals surface area contributed by atoms with E-state index in [1.165, 1.54) is 18.9 Å². The van der Waals surface area contributed by atoms with Crippen LogP contribution in [0, 0.1) is 19.8 Å². The highest BCUT2D eigenvalue weighted by molar-refractivity contribution is 7.18. The molecule has 1 aliphatic heterocycles. The molecular weight excluding hydrogens is 616 g/mol. The third-order valence-electron chi connectivity index (χ3n) is 8.00. The fourth-order valence-corrected chi connectivity index (χ4v) is 6.32. The second-order valence-electron chi connectivity index (χ2n) is 11.8. The van der Waals surface area contributed by atoms with Crippen molar-refractivity contribution in [3.8, 4) is 17.2 Å². The molecule has 0 bridgehead atoms. The molecular formula is C37H38N2O7S. The molecule has 2 heterocycles. The number of hydrogen-bond acceptors (Lipinski definition) is 9. The second kappa shape index (κ2) is 14.2. The summed E-state index contributed by atoms with van der Waals surface area (Å²) < 4.78 is 17.6. The highest BCUT2D eigenvalue weighted by Crippen LogP contribution is 2.45. The van der Waals surface area contributed by atoms with Gasteiger partial charge in [0, 0.05) is 12.5 Å². The van der Waals surface area contributed by atoms with Gasteiger partial charge in [0.15, 0.2) is 22.4 Å². The predicted octanol–water partition coefficient (Wildman–Crippen LogP) is 7.60. The number of ether oxygens (including phenoxy) is 3. The summed E-state index contributed by atoms with van der Waals surface area (Å²) in [6.07, 6.45) is 0.850. The third kappa shape index (κ3) is 7.07. The number of methoxy groups -OCH3 is 1. The van der Waals surface area contributed by atoms with E-state index < -0.39 is 17.7 Å². The first-order valence-electron chi connectivity index (χ1n) is 15.4. The quantitative estimate of drug-likeness (QED) is 0.0719. The van der Waals surface area contributed by atoms with Crippen LogP contribution in [0.2, 0.25) is 0 Å². The Hall–Kier alpha value is -4.96. The van der Waals surface area contributed by atoms with Crippen LogP contribution in [0.4, 0.5) is 5.13 Å². The van der Waals surface area contributed by atoms with E-state index in [9.17, 15) is 19.5 Å². The van der Waals surface area contributed by atoms with Crippen molar-refractivity contribution in [2.24, 2.45) is 5.92 Å². The van der Waals surface area contributed by atoms with E-state index in [1.807, 2.05) is 31.2 Å². The first kappa shape index (κ1) is 33.4. The van der Waals surface area contributed by atoms with Gasteiger partial charge in [-0.25, -0.2) is 4.98 Å². The number of hydrogen-bond donors (Lipinski definition) is 1. The Morgan fingerprint density at radius 3 is 2.36 bits per heavy atom. The van der Waals surface area contributed by atoms with Gasteiger partial charge in [-0.15, -0.1) is 0 Å². The number of carbonyl (C=O) groups excluding carboxylic acids is 3. The van der Waals surface area contributed by atoms with Gasteiger partial charge in [-0.05, 0) is 79.3 Å². The molecule has 47 heavy (non-hydrogen) atoms. The van der Waals surface area contributed by atoms with Crippen molar-refractivity contribution in [1.29, 1.82) is 0 Å². The lowest BCUT2D eigenvalue weighted by Gasteiger charge is -2.24. The molecule has 1 fully saturated rings. The molecule has 1 aliphatic rings. The van der Waals surface area contributed by atoms with Crippen LogP contribution >= 0.6 is 11.3 Å². The zero-order valence-corrected chi connectivity index (χ0v) is 28.1. The Kier molecular flexibility index (Phi) is 10.1. The zero-order chi connectivity index (χ0) is 33.8. The van der Waals surface area contributed by atoms with E-state index in [0.29, 0.717) is 58.1 Å². The molecule has 9 nitrogen and oxygen atoms in total. The van der Waals surface area contributed by atoms with Crippen LogP contribution in [0.5, 0.6) is 17.2 Å². The average Bonchev–Trinajstić information content (AvgIpc) is 3.56. The van der Waals surface area contributed by atoms with Crippen molar-refractivity contribution in [1.82, 2.24) is 4.98 Å². The molecule has 1 unspecified atom stereocenters. The van der Waals surface area contributed by atoms with Gasteiger partial charge >= 0.3 is 5.91 Å². The zero-order valence-electron chi connectivity index (χ0n) is 27.3. The van der Waals surface area contributed by atoms with E-state index in [4.69, 9.17) is 14.2 Å². The Morgan fingerprint density at radius 2 is 1.72 bits per heavy atom. The van der Waals surface area contributed by atoms with Crippen molar-refractivity contribution in [2.45, 2.75) is 53.7 Å². The largest absolute Gasteiger partial charge is 0.507 e. The minimum Gasteiger partial charge on any atom is -0.507 e. The molecule has 0 saturated carbocycles. The molecule has 0 spiro atoms. The summed E-state index contributed by atoms with van der Waals surface area (Å²) in [6.45, 7) is 10.2. The van der Waals surface area contributed by atoms with E-state index in [2.05, 4.69) is 18.8 Å². The SMILES string of the molecule is COc1cc(C2/C(=C(\O)c3ccc(OCc4ccccc4C)cc3)C(=O)C(=O)N2c2nc(C)c(C(C)=O)s2)ccc1OCCC(C)C. The van der Waals surface area contributed by atoms with Crippen LogP contribution < -0.4 is 19.1 Å². The lowest BCUT2D eigenvalue weighted by Crippen LogP contribution is -2.29. The van der Waals surface area contributed by atoms with Gasteiger partial charge in [0.1, 0.15) is 18.1 Å². The van der Waals surface area contributed by atoms with Crippen molar-refractivity contribution >= 4 is 39.7 Å². The smallest absolute Gasteiger partial charge is 0.301 e. The van der Waals surface area contributed by atoms with Gasteiger partial charge in [-0.3, -0.25) is 19.3 Å². The molecule has 4 aromatic rings. The normalized spacial score (nSPS) is 15.7. The topological polar surface area (TPSA) is 115 Å². The number of thiazole rings is 1. The van der Waals surface area contributed by atoms with E-state index in [0.717, 1.165) is 28.9 Å². The summed E-state index contributed by atoms with van der Waals surface area (Å²) in [7, 11) is 1.51. The molecule has 244 valence electrons. The number of aliphatic hydroxyl groups excluding tert-OH is 1. The van der Waals surface area contributed by atoms with E-state index in [1.54, 1.807) is 49.4 Å². The summed E-state index contributed by atoms with van der Waals surface area (Å²) in [6, 6.07) is 18.7. The van der Waals surface area contributed by atoms with Gasteiger partial charge in [0.2, 0.25) is 0 Å². The van der Waals surface area contributed by atoms with E-state index >= 15 is 0 Å². The van der Waals surface area contributed by atoms with Crippen molar-refractivity contribution in [2.75, 3.05) is 18.6 Å². The van der Waals surface area contributed by atoms with Gasteiger partial charge in [0.05, 0.1) is 35.9 Å². The van der Waals surface area contributed by atoms with Crippen LogP contribution in [0.1, 0.15) is 70.9 Å². The van der Waals surface area contributed by atoms with E-state index in [-0.39, 0.29) is 22.2 Å². The van der Waals surface area contributed by atoms with Gasteiger partial charge in [-0.2, -0.15) is 0 Å². The number of rotatable bonds is 12. The molecule has 1 atom stereocenters. The summed E-state index contributed by atoms with van der Waals surface area (Å²) in [4.78, 5) is 45.8. The van der Waals surface area contributed by atoms with Crippen LogP contribution in [0.15, 0.2) is 72.3 Å². The minimum absolute atomic E-state index is 0.115. The lowest BCUT2D eigenvalue weighted by atomic mass is 9.95. The monoisotopic (exact) mass is 654 g/mol. The molecule has 0 radical (unpaired) electrons. The highest BCUT2D eigenvalue weighted by atomic mass is 32.1. The maximum absolute atomic E-state index is 13.7. The number of amides is 1. The number of anilines is 1. The number of aliphatic hydroxyl groups is 1. The lowest BCUT2D eigenvalue weighted by molar-refractivity contribution is -0.132. The number of benzene rings is 3. The minimum atomic E-state index is -1.06. The summed E-state index contributed by atoms with van der Waals surface area (Å²) >= 11 is 1.03. The maximum atomic E-state index is 13.7. The molecule has 0 aliphatic carbocycles. The van der Waals surface area contributed by atoms with Crippen molar-refractivity contribution in [3.63, 3.8) is 0 Å². The van der Waals surface area contributed by atoms with Crippen molar-refractivity contribution < 1.29 is 33.7 Å². The van der Waals surface area contributed by atoms with Crippen LogP contribution in [0.25, 0.3) is 5.76 Å². The molecule has 1 N–H and O–H groups in total. The Labute approximate surface area is 278 Å². The molecule has 1 amide bonds. The summed E-state index contributed by atoms with van der Waals surface area (Å²) in [5.41, 5.74) is 3.33. The summed E-state index contributed by atoms with van der Waals surface area (Å²) in [5.74, 6) is -0.335. The third-order valence-corrected chi connectivity index (χ3v) is 9.25. The van der Waals surface area contributed by atoms with Crippen LogP contribution in [-0.2, 0) is 16.2 Å². The number of Topliss-reactive ketones (excluding diaryl/α,β-unsaturated/α-hetero) is 2. The standard InChI is InChI=1S/C37H38N2O7S/c1-21(2)17-18-45-29-16-13-26(19-30(29)44-6)32-31(34(42)36(43)39(32)37-38-23(4)35(47-37)24(5)40)33(41)25-11-14-28(15-12-25)46-20-27-10-8-7-9-22(27)3/h7-16,19,21,32,41H,17-18,20H2,1-6H3/b33-31+. The summed E-state index contributed by atoms with van der Waals surface area (Å²) in [5, 5.41) is 11.8. The number of carbonyl (C=O) groups is 3. The average molecular weight is 655 g/mol. The first-order chi connectivity index (χ1) is 22.5. The van der Waals surface area contributed by atoms with Gasteiger partial charge in [0.25, 0.3) is 5.78 Å². The number of nitrogens with zero attached hydrogens (tertiary/aromatic N) is 2. The van der Waals surface area contributed by atoms with Gasteiger partial charge in [-0.1, -0.05) is 55.5 Å². The fraction of sp³-hybridized carbons (Fsp3) is 0.297. The molecule has 1 saturated heterocycles. The van der Waals surface area contributed by atoms with Crippen LogP contribution in [0.3, 0.4) is 0 Å². The highest BCUT2D eigenvalue weighted by Gasteiger charge is 2.48. The number of ketones is 2. The van der Waals surface area contributed by atoms with Crippen LogP contribution in [-0.4, -0.2) is 41.3 Å². The molecule has 3 aromatic carbocycles. The molecule has 1 aromatic heterocycles. The fourth-order valence-electron chi connectivity index (χ4n) is 5.33. The Morgan fingerprint density at radius 1 is 1.00 bits per heavy atom. The Balaban J connectivity index is 1.55.